The summed E-state index contributed by atoms with van der Waals surface area (Å²) < 4.78 is 1.78. The minimum Gasteiger partial charge on any atom is -0.390 e. The van der Waals surface area contributed by atoms with Crippen LogP contribution in [0.5, 0.6) is 0 Å². The smallest absolute Gasteiger partial charge is 0.0836 e. The summed E-state index contributed by atoms with van der Waals surface area (Å²) in [6.07, 6.45) is 3.50. The van der Waals surface area contributed by atoms with Crippen LogP contribution in [-0.4, -0.2) is 9.67 Å². The summed E-state index contributed by atoms with van der Waals surface area (Å²) in [7, 11) is 0. The van der Waals surface area contributed by atoms with E-state index in [1.54, 1.807) is 10.8 Å². The molecule has 0 bridgehead atoms. The minimum atomic E-state index is 0.0685. The zero-order chi connectivity index (χ0) is 6.69. The molecule has 9 heavy (non-hydrogen) atoms. The predicted molar refractivity (Wildman–Crippen MR) is 36.7 cm³/mol. The summed E-state index contributed by atoms with van der Waals surface area (Å²) in [5, 5.41) is 8.67. The number of aromatic nitrogens is 1. The number of nitrogens with zero attached hydrogens (tertiary/aromatic N) is 1. The first-order valence-corrected chi connectivity index (χ1v) is 2.77. The second kappa shape index (κ2) is 2.51. The molecule has 0 saturated heterocycles. The first-order chi connectivity index (χ1) is 4.38. The van der Waals surface area contributed by atoms with Gasteiger partial charge in [-0.3, -0.25) is 0 Å². The van der Waals surface area contributed by atoms with Gasteiger partial charge < -0.3 is 9.67 Å². The predicted octanol–water partition coefficient (Wildman–Crippen LogP) is 1.08. The summed E-state index contributed by atoms with van der Waals surface area (Å²) >= 11 is 0. The van der Waals surface area contributed by atoms with Gasteiger partial charge in [0.2, 0.25) is 0 Å². The molecule has 2 heteroatoms. The average molecular weight is 123 g/mol. The van der Waals surface area contributed by atoms with Crippen molar-refractivity contribution in [2.45, 2.75) is 6.61 Å². The standard InChI is InChI=1S/C7H9NO/c1-2-8-5-3-4-7(8)6-9/h2-5,9H,1,6H2. The van der Waals surface area contributed by atoms with E-state index >= 15 is 0 Å². The Hall–Kier alpha value is -1.02. The van der Waals surface area contributed by atoms with Crippen molar-refractivity contribution < 1.29 is 5.11 Å². The van der Waals surface area contributed by atoms with Crippen LogP contribution in [0.4, 0.5) is 0 Å². The van der Waals surface area contributed by atoms with Crippen molar-refractivity contribution in [3.8, 4) is 0 Å². The molecule has 0 atom stereocenters. The van der Waals surface area contributed by atoms with Gasteiger partial charge in [-0.25, -0.2) is 0 Å². The fourth-order valence-electron chi connectivity index (χ4n) is 0.741. The van der Waals surface area contributed by atoms with Crippen molar-refractivity contribution in [1.82, 2.24) is 4.57 Å². The van der Waals surface area contributed by atoms with Crippen LogP contribution in [0.25, 0.3) is 6.20 Å². The Morgan fingerprint density at radius 3 is 3.00 bits per heavy atom. The van der Waals surface area contributed by atoms with Crippen molar-refractivity contribution in [3.63, 3.8) is 0 Å². The van der Waals surface area contributed by atoms with Crippen molar-refractivity contribution in [3.05, 3.63) is 30.6 Å². The lowest BCUT2D eigenvalue weighted by atomic mass is 10.5. The van der Waals surface area contributed by atoms with Gasteiger partial charge >= 0.3 is 0 Å². The van der Waals surface area contributed by atoms with Crippen LogP contribution in [0.15, 0.2) is 24.9 Å². The third kappa shape index (κ3) is 1.03. The van der Waals surface area contributed by atoms with E-state index in [4.69, 9.17) is 5.11 Å². The van der Waals surface area contributed by atoms with Gasteiger partial charge in [-0.1, -0.05) is 6.58 Å². The highest BCUT2D eigenvalue weighted by Gasteiger charge is 1.91. The van der Waals surface area contributed by atoms with Crippen molar-refractivity contribution in [1.29, 1.82) is 0 Å². The molecule has 1 rings (SSSR count). The maximum Gasteiger partial charge on any atom is 0.0836 e. The zero-order valence-electron chi connectivity index (χ0n) is 5.12. The monoisotopic (exact) mass is 123 g/mol. The topological polar surface area (TPSA) is 25.2 Å². The lowest BCUT2D eigenvalue weighted by Crippen LogP contribution is -1.90. The molecule has 1 aromatic rings. The lowest BCUT2D eigenvalue weighted by molar-refractivity contribution is 0.275. The highest BCUT2D eigenvalue weighted by atomic mass is 16.3. The molecule has 1 aromatic heterocycles. The lowest BCUT2D eigenvalue weighted by Gasteiger charge is -1.96. The van der Waals surface area contributed by atoms with Crippen molar-refractivity contribution in [2.75, 3.05) is 0 Å². The number of aliphatic hydroxyl groups is 1. The number of hydrogen-bond donors (Lipinski definition) is 1. The van der Waals surface area contributed by atoms with Gasteiger partial charge in [-0.2, -0.15) is 0 Å². The highest BCUT2D eigenvalue weighted by molar-refractivity contribution is 5.23. The van der Waals surface area contributed by atoms with Crippen LogP contribution in [0.2, 0.25) is 0 Å². The first kappa shape index (κ1) is 6.11. The fourth-order valence-corrected chi connectivity index (χ4v) is 0.741. The van der Waals surface area contributed by atoms with E-state index in [0.717, 1.165) is 5.69 Å². The average Bonchev–Trinajstić information content (AvgIpc) is 2.33. The quantitative estimate of drug-likeness (QED) is 0.625. The van der Waals surface area contributed by atoms with Gasteiger partial charge in [0.25, 0.3) is 0 Å². The molecule has 1 N–H and O–H groups in total. The van der Waals surface area contributed by atoms with Crippen LogP contribution in [-0.2, 0) is 6.61 Å². The number of aliphatic hydroxyl groups excluding tert-OH is 1. The second-order valence-corrected chi connectivity index (χ2v) is 1.75. The van der Waals surface area contributed by atoms with Crippen molar-refractivity contribution in [2.24, 2.45) is 0 Å². The van der Waals surface area contributed by atoms with Gasteiger partial charge in [0.15, 0.2) is 0 Å². The summed E-state index contributed by atoms with van der Waals surface area (Å²) in [5.41, 5.74) is 0.866. The Kier molecular flexibility index (Phi) is 1.70. The molecule has 0 aliphatic heterocycles. The zero-order valence-corrected chi connectivity index (χ0v) is 5.12. The van der Waals surface area contributed by atoms with Gasteiger partial charge in [0.1, 0.15) is 0 Å². The van der Waals surface area contributed by atoms with Crippen LogP contribution >= 0.6 is 0 Å². The molecular formula is C7H9NO. The Labute approximate surface area is 54.0 Å². The molecule has 0 fully saturated rings. The Morgan fingerprint density at radius 2 is 2.56 bits per heavy atom. The Morgan fingerprint density at radius 1 is 1.78 bits per heavy atom. The fraction of sp³-hybridized carbons (Fsp3) is 0.143. The van der Waals surface area contributed by atoms with E-state index in [-0.39, 0.29) is 6.61 Å². The largest absolute Gasteiger partial charge is 0.390 e. The van der Waals surface area contributed by atoms with Gasteiger partial charge in [0.05, 0.1) is 6.61 Å². The van der Waals surface area contributed by atoms with E-state index in [1.165, 1.54) is 0 Å². The molecular weight excluding hydrogens is 114 g/mol. The van der Waals surface area contributed by atoms with Crippen LogP contribution in [0, 0.1) is 0 Å². The maximum absolute atomic E-state index is 8.67. The molecule has 1 heterocycles. The first-order valence-electron chi connectivity index (χ1n) is 2.77. The maximum atomic E-state index is 8.67. The molecule has 0 spiro atoms. The minimum absolute atomic E-state index is 0.0685. The third-order valence-electron chi connectivity index (χ3n) is 1.23. The Balaban J connectivity index is 2.98. The molecule has 0 saturated carbocycles. The number of rotatable bonds is 2. The number of hydrogen-bond acceptors (Lipinski definition) is 1. The van der Waals surface area contributed by atoms with Crippen molar-refractivity contribution >= 4 is 6.20 Å². The second-order valence-electron chi connectivity index (χ2n) is 1.75. The molecule has 0 amide bonds. The van der Waals surface area contributed by atoms with Gasteiger partial charge in [-0.05, 0) is 12.1 Å². The summed E-state index contributed by atoms with van der Waals surface area (Å²) in [5.74, 6) is 0. The van der Waals surface area contributed by atoms with Gasteiger partial charge in [0, 0.05) is 18.1 Å². The van der Waals surface area contributed by atoms with E-state index < -0.39 is 0 Å². The van der Waals surface area contributed by atoms with E-state index in [9.17, 15) is 0 Å². The molecule has 0 aliphatic rings. The summed E-state index contributed by atoms with van der Waals surface area (Å²) in [6, 6.07) is 3.72. The van der Waals surface area contributed by atoms with E-state index in [1.807, 2.05) is 18.3 Å². The molecule has 2 nitrogen and oxygen atoms in total. The van der Waals surface area contributed by atoms with Crippen LogP contribution < -0.4 is 0 Å². The summed E-state index contributed by atoms with van der Waals surface area (Å²) in [6.45, 7) is 3.63. The third-order valence-corrected chi connectivity index (χ3v) is 1.23. The van der Waals surface area contributed by atoms with Crippen LogP contribution in [0.3, 0.4) is 0 Å². The Bertz CT molecular complexity index is 202. The molecule has 0 radical (unpaired) electrons. The molecule has 0 aromatic carbocycles. The summed E-state index contributed by atoms with van der Waals surface area (Å²) in [4.78, 5) is 0. The highest BCUT2D eigenvalue weighted by Crippen LogP contribution is 2.00. The van der Waals surface area contributed by atoms with E-state index in [0.29, 0.717) is 0 Å². The van der Waals surface area contributed by atoms with Gasteiger partial charge in [-0.15, -0.1) is 0 Å². The normalized spacial score (nSPS) is 9.44. The molecule has 48 valence electrons. The van der Waals surface area contributed by atoms with E-state index in [2.05, 4.69) is 6.58 Å². The molecule has 0 aliphatic carbocycles. The molecule has 0 unspecified atom stereocenters. The SMILES string of the molecule is C=Cn1cccc1CO. The van der Waals surface area contributed by atoms with Crippen LogP contribution in [0.1, 0.15) is 5.69 Å².